The van der Waals surface area contributed by atoms with E-state index in [0.29, 0.717) is 6.54 Å². The Morgan fingerprint density at radius 2 is 1.38 bits per heavy atom. The molecule has 4 heteroatoms. The van der Waals surface area contributed by atoms with Crippen molar-refractivity contribution in [2.75, 3.05) is 19.6 Å². The summed E-state index contributed by atoms with van der Waals surface area (Å²) >= 11 is 0. The third-order valence-corrected chi connectivity index (χ3v) is 7.04. The van der Waals surface area contributed by atoms with Crippen molar-refractivity contribution in [2.45, 2.75) is 42.0 Å². The van der Waals surface area contributed by atoms with Crippen LogP contribution in [0.3, 0.4) is 0 Å². The molecule has 0 unspecified atom stereocenters. The Hall–Kier alpha value is -1.65. The largest absolute Gasteiger partial charge is 0.296 e. The van der Waals surface area contributed by atoms with Gasteiger partial charge in [-0.15, -0.1) is 0 Å². The Morgan fingerprint density at radius 3 is 1.83 bits per heavy atom. The molecule has 1 aliphatic rings. The number of rotatable bonds is 5. The molecule has 2 aromatic rings. The van der Waals surface area contributed by atoms with E-state index in [1.54, 1.807) is 0 Å². The molecular formula is C20H26N2OS. The number of hydrogen-bond acceptors (Lipinski definition) is 3. The lowest BCUT2D eigenvalue weighted by molar-refractivity contribution is 0.164. The molecule has 3 nitrogen and oxygen atoms in total. The third-order valence-electron chi connectivity index (χ3n) is 4.72. The number of nitrogens with zero attached hydrogens (tertiary/aromatic N) is 2. The van der Waals surface area contributed by atoms with E-state index in [4.69, 9.17) is 4.36 Å². The van der Waals surface area contributed by atoms with Gasteiger partial charge in [-0.2, -0.15) is 0 Å². The van der Waals surface area contributed by atoms with Crippen LogP contribution in [-0.4, -0.2) is 34.3 Å². The Morgan fingerprint density at radius 1 is 0.917 bits per heavy atom. The lowest BCUT2D eigenvalue weighted by atomic mass is 10.0. The van der Waals surface area contributed by atoms with Crippen LogP contribution in [0.1, 0.15) is 26.7 Å². The van der Waals surface area contributed by atoms with Gasteiger partial charge in [-0.3, -0.25) is 4.90 Å². The molecule has 0 aromatic heterocycles. The fourth-order valence-corrected chi connectivity index (χ4v) is 5.29. The van der Waals surface area contributed by atoms with Crippen LogP contribution < -0.4 is 0 Å². The number of likely N-dealkylation sites (tertiary alicyclic amines) is 1. The Kier molecular flexibility index (Phi) is 5.07. The molecule has 0 aliphatic carbocycles. The average Bonchev–Trinajstić information content (AvgIpc) is 3.17. The summed E-state index contributed by atoms with van der Waals surface area (Å²) in [7, 11) is -2.61. The SMILES string of the molecule is CC(C)(CN=S(=O)(c1ccccc1)c1ccccc1)N1CCCC1. The van der Waals surface area contributed by atoms with Crippen molar-refractivity contribution < 1.29 is 4.21 Å². The Balaban J connectivity index is 2.01. The number of benzene rings is 2. The van der Waals surface area contributed by atoms with Crippen LogP contribution in [0, 0.1) is 0 Å². The van der Waals surface area contributed by atoms with Gasteiger partial charge < -0.3 is 0 Å². The first-order valence-electron chi connectivity index (χ1n) is 8.60. The van der Waals surface area contributed by atoms with Gasteiger partial charge in [0.25, 0.3) is 0 Å². The monoisotopic (exact) mass is 342 g/mol. The topological polar surface area (TPSA) is 32.7 Å². The summed E-state index contributed by atoms with van der Waals surface area (Å²) in [6.07, 6.45) is 2.49. The van der Waals surface area contributed by atoms with Gasteiger partial charge in [-0.25, -0.2) is 8.57 Å². The quantitative estimate of drug-likeness (QED) is 0.804. The minimum atomic E-state index is -2.61. The van der Waals surface area contributed by atoms with Gasteiger partial charge in [0.1, 0.15) is 9.73 Å². The van der Waals surface area contributed by atoms with Gasteiger partial charge in [0.2, 0.25) is 0 Å². The maximum Gasteiger partial charge on any atom is 0.104 e. The highest BCUT2D eigenvalue weighted by molar-refractivity contribution is 7.93. The van der Waals surface area contributed by atoms with Crippen LogP contribution in [0.4, 0.5) is 0 Å². The van der Waals surface area contributed by atoms with E-state index in [1.165, 1.54) is 12.8 Å². The first-order valence-corrected chi connectivity index (χ1v) is 10.1. The molecule has 24 heavy (non-hydrogen) atoms. The second-order valence-corrected chi connectivity index (χ2v) is 9.20. The van der Waals surface area contributed by atoms with Gasteiger partial charge in [0.15, 0.2) is 0 Å². The molecule has 0 saturated carbocycles. The van der Waals surface area contributed by atoms with Gasteiger partial charge in [0, 0.05) is 5.54 Å². The van der Waals surface area contributed by atoms with Crippen molar-refractivity contribution in [3.63, 3.8) is 0 Å². The van der Waals surface area contributed by atoms with Crippen molar-refractivity contribution >= 4 is 9.73 Å². The van der Waals surface area contributed by atoms with Gasteiger partial charge in [0.05, 0.1) is 16.3 Å². The molecular weight excluding hydrogens is 316 g/mol. The van der Waals surface area contributed by atoms with E-state index in [2.05, 4.69) is 18.7 Å². The zero-order valence-electron chi connectivity index (χ0n) is 14.5. The fourth-order valence-electron chi connectivity index (χ4n) is 3.17. The summed E-state index contributed by atoms with van der Waals surface area (Å²) in [5.74, 6) is 0. The minimum absolute atomic E-state index is 0.0667. The van der Waals surface area contributed by atoms with Gasteiger partial charge in [-0.05, 0) is 64.0 Å². The first kappa shape index (κ1) is 17.2. The van der Waals surface area contributed by atoms with Crippen LogP contribution in [-0.2, 0) is 9.73 Å². The molecule has 0 spiro atoms. The van der Waals surface area contributed by atoms with Crippen molar-refractivity contribution in [2.24, 2.45) is 4.36 Å². The van der Waals surface area contributed by atoms with Crippen LogP contribution in [0.5, 0.6) is 0 Å². The fraction of sp³-hybridized carbons (Fsp3) is 0.400. The molecule has 128 valence electrons. The third kappa shape index (κ3) is 3.55. The van der Waals surface area contributed by atoms with Gasteiger partial charge in [-0.1, -0.05) is 36.4 Å². The molecule has 0 atom stereocenters. The predicted molar refractivity (Wildman–Crippen MR) is 99.7 cm³/mol. The van der Waals surface area contributed by atoms with Crippen molar-refractivity contribution in [3.05, 3.63) is 60.7 Å². The Labute approximate surface area is 145 Å². The second-order valence-electron chi connectivity index (χ2n) is 6.95. The van der Waals surface area contributed by atoms with Gasteiger partial charge >= 0.3 is 0 Å². The molecule has 3 rings (SSSR count). The molecule has 1 aliphatic heterocycles. The molecule has 0 bridgehead atoms. The van der Waals surface area contributed by atoms with E-state index in [1.807, 2.05) is 60.7 Å². The molecule has 0 amide bonds. The summed E-state index contributed by atoms with van der Waals surface area (Å²) in [5, 5.41) is 0. The summed E-state index contributed by atoms with van der Waals surface area (Å²) in [5.41, 5.74) is -0.0667. The molecule has 1 saturated heterocycles. The highest BCUT2D eigenvalue weighted by Crippen LogP contribution is 2.26. The zero-order valence-corrected chi connectivity index (χ0v) is 15.3. The molecule has 1 fully saturated rings. The minimum Gasteiger partial charge on any atom is -0.296 e. The van der Waals surface area contributed by atoms with E-state index >= 15 is 0 Å². The first-order chi connectivity index (χ1) is 11.5. The molecule has 2 aromatic carbocycles. The molecule has 1 heterocycles. The van der Waals surface area contributed by atoms with Crippen molar-refractivity contribution in [1.82, 2.24) is 4.90 Å². The maximum absolute atomic E-state index is 13.9. The zero-order chi connectivity index (χ0) is 17.0. The van der Waals surface area contributed by atoms with E-state index in [-0.39, 0.29) is 5.54 Å². The summed E-state index contributed by atoms with van der Waals surface area (Å²) < 4.78 is 18.7. The smallest absolute Gasteiger partial charge is 0.104 e. The highest BCUT2D eigenvalue weighted by atomic mass is 32.2. The van der Waals surface area contributed by atoms with Crippen molar-refractivity contribution in [3.8, 4) is 0 Å². The molecule has 0 N–H and O–H groups in total. The van der Waals surface area contributed by atoms with Crippen LogP contribution >= 0.6 is 0 Å². The summed E-state index contributed by atoms with van der Waals surface area (Å²) in [6.45, 7) is 7.20. The van der Waals surface area contributed by atoms with Crippen molar-refractivity contribution in [1.29, 1.82) is 0 Å². The lowest BCUT2D eigenvalue weighted by Gasteiger charge is -2.34. The average molecular weight is 343 g/mol. The standard InChI is InChI=1S/C20H26N2OS/c1-20(2,22-15-9-10-16-22)17-21-24(23,18-11-5-3-6-12-18)19-13-7-4-8-14-19/h3-8,11-14H,9-10,15-17H2,1-2H3. The van der Waals surface area contributed by atoms with Crippen LogP contribution in [0.2, 0.25) is 0 Å². The highest BCUT2D eigenvalue weighted by Gasteiger charge is 2.29. The molecule has 0 radical (unpaired) electrons. The maximum atomic E-state index is 13.9. The lowest BCUT2D eigenvalue weighted by Crippen LogP contribution is -2.44. The number of hydrogen-bond donors (Lipinski definition) is 0. The van der Waals surface area contributed by atoms with E-state index < -0.39 is 9.73 Å². The van der Waals surface area contributed by atoms with Crippen LogP contribution in [0.15, 0.2) is 74.8 Å². The van der Waals surface area contributed by atoms with E-state index in [9.17, 15) is 4.21 Å². The predicted octanol–water partition coefficient (Wildman–Crippen LogP) is 4.45. The Bertz CT molecular complexity index is 726. The second kappa shape index (κ2) is 7.08. The summed E-state index contributed by atoms with van der Waals surface area (Å²) in [6, 6.07) is 19.3. The normalized spacial score (nSPS) is 16.2. The van der Waals surface area contributed by atoms with E-state index in [0.717, 1.165) is 22.9 Å². The summed E-state index contributed by atoms with van der Waals surface area (Å²) in [4.78, 5) is 4.04. The van der Waals surface area contributed by atoms with Crippen LogP contribution in [0.25, 0.3) is 0 Å².